The lowest BCUT2D eigenvalue weighted by molar-refractivity contribution is -0.00133. The number of carbonyl (C=O) groups excluding carboxylic acids is 2. The standard InChI is InChI=1S/C34H42O4/c1-3-5-7-10-14-27-18-22-30(23-19-27)33(35)37-26-32(29-16-12-9-13-17-29)38-34(36)31-24-20-28(21-25-31)15-11-8-6-4-2/h9,12-13,16-25,32H,3-8,10-11,14-15,26H2,1-2H3. The molecule has 0 radical (unpaired) electrons. The molecule has 0 spiro atoms. The number of aryl methyl sites for hydroxylation is 2. The summed E-state index contributed by atoms with van der Waals surface area (Å²) in [7, 11) is 0. The van der Waals surface area contributed by atoms with Crippen molar-refractivity contribution in [3.05, 3.63) is 107 Å². The number of ether oxygens (including phenoxy) is 2. The summed E-state index contributed by atoms with van der Waals surface area (Å²) in [4.78, 5) is 25.7. The van der Waals surface area contributed by atoms with Crippen LogP contribution in [0.25, 0.3) is 0 Å². The van der Waals surface area contributed by atoms with Crippen molar-refractivity contribution in [2.45, 2.75) is 84.2 Å². The van der Waals surface area contributed by atoms with Crippen LogP contribution in [0.4, 0.5) is 0 Å². The molecule has 0 N–H and O–H groups in total. The molecule has 4 nitrogen and oxygen atoms in total. The van der Waals surface area contributed by atoms with Crippen molar-refractivity contribution in [2.75, 3.05) is 6.61 Å². The van der Waals surface area contributed by atoms with Crippen LogP contribution in [0.5, 0.6) is 0 Å². The zero-order valence-electron chi connectivity index (χ0n) is 23.0. The summed E-state index contributed by atoms with van der Waals surface area (Å²) in [6.07, 6.45) is 11.0. The molecule has 1 atom stereocenters. The van der Waals surface area contributed by atoms with Crippen molar-refractivity contribution in [1.29, 1.82) is 0 Å². The number of carbonyl (C=O) groups is 2. The summed E-state index contributed by atoms with van der Waals surface area (Å²) in [5.74, 6) is -0.855. The van der Waals surface area contributed by atoms with E-state index in [9.17, 15) is 9.59 Å². The Morgan fingerprint density at radius 1 is 0.605 bits per heavy atom. The second kappa shape index (κ2) is 16.4. The van der Waals surface area contributed by atoms with E-state index in [1.807, 2.05) is 78.9 Å². The lowest BCUT2D eigenvalue weighted by atomic mass is 10.0. The van der Waals surface area contributed by atoms with Gasteiger partial charge in [-0.05, 0) is 66.6 Å². The minimum atomic E-state index is -0.695. The summed E-state index contributed by atoms with van der Waals surface area (Å²) in [6, 6.07) is 24.6. The van der Waals surface area contributed by atoms with Gasteiger partial charge in [-0.15, -0.1) is 0 Å². The van der Waals surface area contributed by atoms with Gasteiger partial charge in [0.1, 0.15) is 6.61 Å². The van der Waals surface area contributed by atoms with Gasteiger partial charge in [0.25, 0.3) is 0 Å². The van der Waals surface area contributed by atoms with Crippen molar-refractivity contribution >= 4 is 11.9 Å². The number of rotatable bonds is 16. The monoisotopic (exact) mass is 514 g/mol. The molecule has 0 bridgehead atoms. The first-order chi connectivity index (χ1) is 18.6. The molecule has 0 aromatic heterocycles. The number of hydrogen-bond donors (Lipinski definition) is 0. The Bertz CT molecular complexity index is 1090. The van der Waals surface area contributed by atoms with Crippen LogP contribution in [0, 0.1) is 0 Å². The topological polar surface area (TPSA) is 52.6 Å². The van der Waals surface area contributed by atoms with E-state index >= 15 is 0 Å². The molecule has 0 aliphatic heterocycles. The first-order valence-corrected chi connectivity index (χ1v) is 14.2. The van der Waals surface area contributed by atoms with Crippen LogP contribution in [-0.2, 0) is 22.3 Å². The molecule has 0 saturated heterocycles. The maximum atomic E-state index is 13.0. The van der Waals surface area contributed by atoms with Crippen LogP contribution >= 0.6 is 0 Å². The Kier molecular flexibility index (Phi) is 12.6. The molecule has 3 aromatic rings. The number of esters is 2. The van der Waals surface area contributed by atoms with Crippen molar-refractivity contribution in [3.8, 4) is 0 Å². The molecule has 38 heavy (non-hydrogen) atoms. The Labute approximate surface area is 228 Å². The quantitative estimate of drug-likeness (QED) is 0.142. The summed E-state index contributed by atoms with van der Waals surface area (Å²) >= 11 is 0. The third-order valence-electron chi connectivity index (χ3n) is 6.80. The van der Waals surface area contributed by atoms with Crippen molar-refractivity contribution in [3.63, 3.8) is 0 Å². The Morgan fingerprint density at radius 3 is 1.61 bits per heavy atom. The molecule has 3 rings (SSSR count). The average Bonchev–Trinajstić information content (AvgIpc) is 2.96. The van der Waals surface area contributed by atoms with E-state index < -0.39 is 18.0 Å². The molecule has 0 aliphatic carbocycles. The summed E-state index contributed by atoms with van der Waals surface area (Å²) in [5.41, 5.74) is 4.21. The molecule has 0 amide bonds. The lowest BCUT2D eigenvalue weighted by Gasteiger charge is -2.19. The Balaban J connectivity index is 1.57. The summed E-state index contributed by atoms with van der Waals surface area (Å²) in [5, 5.41) is 0. The molecule has 0 aliphatic rings. The number of unbranched alkanes of at least 4 members (excludes halogenated alkanes) is 6. The van der Waals surface area contributed by atoms with Crippen molar-refractivity contribution in [1.82, 2.24) is 0 Å². The van der Waals surface area contributed by atoms with Gasteiger partial charge in [0, 0.05) is 0 Å². The van der Waals surface area contributed by atoms with E-state index in [-0.39, 0.29) is 6.61 Å². The molecular formula is C34H42O4. The van der Waals surface area contributed by atoms with Gasteiger partial charge in [-0.1, -0.05) is 107 Å². The third-order valence-corrected chi connectivity index (χ3v) is 6.80. The molecule has 3 aromatic carbocycles. The Morgan fingerprint density at radius 2 is 1.11 bits per heavy atom. The normalized spacial score (nSPS) is 11.6. The summed E-state index contributed by atoms with van der Waals surface area (Å²) in [6.45, 7) is 4.36. The van der Waals surface area contributed by atoms with Crippen LogP contribution in [0.3, 0.4) is 0 Å². The van der Waals surface area contributed by atoms with E-state index in [1.165, 1.54) is 49.7 Å². The Hall–Kier alpha value is -3.40. The molecule has 4 heteroatoms. The van der Waals surface area contributed by atoms with Gasteiger partial charge >= 0.3 is 11.9 Å². The maximum Gasteiger partial charge on any atom is 0.338 e. The van der Waals surface area contributed by atoms with E-state index in [0.29, 0.717) is 11.1 Å². The molecule has 202 valence electrons. The largest absolute Gasteiger partial charge is 0.458 e. The predicted octanol–water partition coefficient (Wildman–Crippen LogP) is 8.69. The van der Waals surface area contributed by atoms with Gasteiger partial charge in [0.15, 0.2) is 6.10 Å². The fourth-order valence-corrected chi connectivity index (χ4v) is 4.42. The van der Waals surface area contributed by atoms with Crippen LogP contribution in [0.2, 0.25) is 0 Å². The van der Waals surface area contributed by atoms with Gasteiger partial charge < -0.3 is 9.47 Å². The predicted molar refractivity (Wildman–Crippen MR) is 153 cm³/mol. The molecule has 1 unspecified atom stereocenters. The minimum Gasteiger partial charge on any atom is -0.458 e. The van der Waals surface area contributed by atoms with Crippen LogP contribution < -0.4 is 0 Å². The minimum absolute atomic E-state index is 0.0527. The van der Waals surface area contributed by atoms with Gasteiger partial charge in [0.05, 0.1) is 11.1 Å². The zero-order chi connectivity index (χ0) is 27.0. The maximum absolute atomic E-state index is 13.0. The van der Waals surface area contributed by atoms with Gasteiger partial charge in [-0.25, -0.2) is 9.59 Å². The average molecular weight is 515 g/mol. The smallest absolute Gasteiger partial charge is 0.338 e. The van der Waals surface area contributed by atoms with Crippen LogP contribution in [-0.4, -0.2) is 18.5 Å². The number of benzene rings is 3. The zero-order valence-corrected chi connectivity index (χ0v) is 23.0. The molecule has 0 saturated carbocycles. The highest BCUT2D eigenvalue weighted by Gasteiger charge is 2.21. The first kappa shape index (κ1) is 29.2. The van der Waals surface area contributed by atoms with E-state index in [1.54, 1.807) is 0 Å². The molecular weight excluding hydrogens is 472 g/mol. The SMILES string of the molecule is CCCCCCc1ccc(C(=O)OCC(OC(=O)c2ccc(CCCCCC)cc2)c2ccccc2)cc1. The van der Waals surface area contributed by atoms with Crippen LogP contribution in [0.15, 0.2) is 78.9 Å². The van der Waals surface area contributed by atoms with Crippen molar-refractivity contribution in [2.24, 2.45) is 0 Å². The second-order valence-electron chi connectivity index (χ2n) is 9.92. The first-order valence-electron chi connectivity index (χ1n) is 14.2. The molecule has 0 heterocycles. The fraction of sp³-hybridized carbons (Fsp3) is 0.412. The summed E-state index contributed by atoms with van der Waals surface area (Å²) < 4.78 is 11.4. The van der Waals surface area contributed by atoms with Crippen LogP contribution in [0.1, 0.15) is 109 Å². The highest BCUT2D eigenvalue weighted by molar-refractivity contribution is 5.90. The second-order valence-corrected chi connectivity index (χ2v) is 9.92. The van der Waals surface area contributed by atoms with E-state index in [2.05, 4.69) is 13.8 Å². The van der Waals surface area contributed by atoms with E-state index in [0.717, 1.165) is 31.2 Å². The lowest BCUT2D eigenvalue weighted by Crippen LogP contribution is -2.19. The van der Waals surface area contributed by atoms with Gasteiger partial charge in [-0.3, -0.25) is 0 Å². The highest BCUT2D eigenvalue weighted by Crippen LogP contribution is 2.21. The fourth-order valence-electron chi connectivity index (χ4n) is 4.42. The third kappa shape index (κ3) is 9.81. The van der Waals surface area contributed by atoms with Gasteiger partial charge in [-0.2, -0.15) is 0 Å². The molecule has 0 fully saturated rings. The number of hydrogen-bond acceptors (Lipinski definition) is 4. The van der Waals surface area contributed by atoms with Crippen molar-refractivity contribution < 1.29 is 19.1 Å². The van der Waals surface area contributed by atoms with Gasteiger partial charge in [0.2, 0.25) is 0 Å². The van der Waals surface area contributed by atoms with E-state index in [4.69, 9.17) is 9.47 Å². The highest BCUT2D eigenvalue weighted by atomic mass is 16.6.